The number of nitrogens with zero attached hydrogens (tertiary/aromatic N) is 2. The lowest BCUT2D eigenvalue weighted by Gasteiger charge is -2.24. The monoisotopic (exact) mass is 544 g/mol. The number of methoxy groups -OCH3 is 3. The Hall–Kier alpha value is -4.37. The zero-order valence-corrected chi connectivity index (χ0v) is 23.3. The van der Waals surface area contributed by atoms with Gasteiger partial charge in [0.1, 0.15) is 11.5 Å². The van der Waals surface area contributed by atoms with E-state index in [0.29, 0.717) is 33.5 Å². The molecule has 9 heteroatoms. The summed E-state index contributed by atoms with van der Waals surface area (Å²) < 4.78 is 17.2. The molecule has 39 heavy (non-hydrogen) atoms. The molecule has 200 valence electrons. The SMILES string of the molecule is COc1ccc(/C(O)=C2\C(=O)C(=O)N(c3nc4c(C)cc(C)cc4s3)[C@@H]2c2ccc(OC)c(OC)c2)cc1C. The van der Waals surface area contributed by atoms with Crippen molar-refractivity contribution in [2.75, 3.05) is 26.2 Å². The van der Waals surface area contributed by atoms with Crippen molar-refractivity contribution in [3.63, 3.8) is 0 Å². The molecule has 0 radical (unpaired) electrons. The average Bonchev–Trinajstić information content (AvgIpc) is 3.46. The van der Waals surface area contributed by atoms with Gasteiger partial charge < -0.3 is 19.3 Å². The fourth-order valence-corrected chi connectivity index (χ4v) is 6.18. The van der Waals surface area contributed by atoms with Crippen LogP contribution in [-0.4, -0.2) is 43.1 Å². The minimum atomic E-state index is -0.950. The Morgan fingerprint density at radius 1 is 0.872 bits per heavy atom. The maximum absolute atomic E-state index is 13.6. The molecule has 0 aliphatic carbocycles. The van der Waals surface area contributed by atoms with Crippen LogP contribution in [0.3, 0.4) is 0 Å². The van der Waals surface area contributed by atoms with Gasteiger partial charge in [-0.2, -0.15) is 0 Å². The molecular weight excluding hydrogens is 516 g/mol. The van der Waals surface area contributed by atoms with Gasteiger partial charge in [0.15, 0.2) is 16.6 Å². The van der Waals surface area contributed by atoms with Gasteiger partial charge in [-0.3, -0.25) is 14.5 Å². The lowest BCUT2D eigenvalue weighted by Crippen LogP contribution is -2.29. The molecule has 1 saturated heterocycles. The molecule has 1 aliphatic heterocycles. The van der Waals surface area contributed by atoms with E-state index in [2.05, 4.69) is 0 Å². The molecule has 1 fully saturated rings. The summed E-state index contributed by atoms with van der Waals surface area (Å²) in [5.74, 6) is -0.285. The Balaban J connectivity index is 1.76. The van der Waals surface area contributed by atoms with E-state index in [1.54, 1.807) is 43.5 Å². The lowest BCUT2D eigenvalue weighted by atomic mass is 9.94. The Morgan fingerprint density at radius 2 is 1.56 bits per heavy atom. The summed E-state index contributed by atoms with van der Waals surface area (Å²) >= 11 is 1.33. The van der Waals surface area contributed by atoms with Crippen molar-refractivity contribution in [2.24, 2.45) is 0 Å². The van der Waals surface area contributed by atoms with Gasteiger partial charge in [-0.1, -0.05) is 23.5 Å². The maximum atomic E-state index is 13.6. The molecule has 5 rings (SSSR count). The molecule has 0 saturated carbocycles. The van der Waals surface area contributed by atoms with Gasteiger partial charge >= 0.3 is 5.91 Å². The first kappa shape index (κ1) is 26.2. The second kappa shape index (κ2) is 10.1. The molecule has 8 nitrogen and oxygen atoms in total. The lowest BCUT2D eigenvalue weighted by molar-refractivity contribution is -0.132. The van der Waals surface area contributed by atoms with Crippen LogP contribution in [0.4, 0.5) is 5.13 Å². The second-order valence-electron chi connectivity index (χ2n) is 9.39. The molecule has 1 aromatic heterocycles. The smallest absolute Gasteiger partial charge is 0.301 e. The van der Waals surface area contributed by atoms with Crippen LogP contribution < -0.4 is 19.1 Å². The van der Waals surface area contributed by atoms with Crippen LogP contribution >= 0.6 is 11.3 Å². The number of carbonyl (C=O) groups is 2. The summed E-state index contributed by atoms with van der Waals surface area (Å²) in [6, 6.07) is 13.3. The van der Waals surface area contributed by atoms with Crippen molar-refractivity contribution in [3.8, 4) is 17.2 Å². The summed E-state index contributed by atoms with van der Waals surface area (Å²) in [6.07, 6.45) is 0. The average molecular weight is 545 g/mol. The number of ketones is 1. The van der Waals surface area contributed by atoms with Gasteiger partial charge in [0.2, 0.25) is 0 Å². The molecule has 2 heterocycles. The number of benzene rings is 3. The minimum Gasteiger partial charge on any atom is -0.507 e. The van der Waals surface area contributed by atoms with Gasteiger partial charge in [-0.15, -0.1) is 0 Å². The molecule has 0 spiro atoms. The summed E-state index contributed by atoms with van der Waals surface area (Å²) in [5, 5.41) is 11.9. The Morgan fingerprint density at radius 3 is 2.23 bits per heavy atom. The van der Waals surface area contributed by atoms with E-state index in [9.17, 15) is 14.7 Å². The van der Waals surface area contributed by atoms with E-state index in [1.807, 2.05) is 32.9 Å². The Labute approximate surface area is 230 Å². The van der Waals surface area contributed by atoms with E-state index in [1.165, 1.54) is 30.5 Å². The van der Waals surface area contributed by atoms with E-state index >= 15 is 0 Å². The van der Waals surface area contributed by atoms with Gasteiger partial charge in [0.05, 0.1) is 43.2 Å². The van der Waals surface area contributed by atoms with Crippen LogP contribution in [0.1, 0.15) is 33.9 Å². The number of anilines is 1. The quantitative estimate of drug-likeness (QED) is 0.184. The maximum Gasteiger partial charge on any atom is 0.301 e. The standard InChI is InChI=1S/C30H28N2O6S/c1-15-11-17(3)25-23(12-15)39-30(31-25)32-26(18-7-10-21(37-5)22(14-18)38-6)24(28(34)29(32)35)27(33)19-8-9-20(36-4)16(2)13-19/h7-14,26,33H,1-6H3/b27-24+/t26-/m1/s1. The number of aliphatic hydroxyl groups is 1. The van der Waals surface area contributed by atoms with E-state index in [-0.39, 0.29) is 11.3 Å². The summed E-state index contributed by atoms with van der Waals surface area (Å²) in [7, 11) is 4.60. The van der Waals surface area contributed by atoms with Crippen LogP contribution in [0, 0.1) is 20.8 Å². The molecule has 1 N–H and O–H groups in total. The van der Waals surface area contributed by atoms with Crippen LogP contribution in [-0.2, 0) is 9.59 Å². The highest BCUT2D eigenvalue weighted by Crippen LogP contribution is 2.46. The van der Waals surface area contributed by atoms with Crippen molar-refractivity contribution >= 4 is 44.1 Å². The van der Waals surface area contributed by atoms with Gasteiger partial charge in [-0.25, -0.2) is 4.98 Å². The van der Waals surface area contributed by atoms with Crippen molar-refractivity contribution in [1.29, 1.82) is 0 Å². The molecule has 1 atom stereocenters. The number of hydrogen-bond donors (Lipinski definition) is 1. The summed E-state index contributed by atoms with van der Waals surface area (Å²) in [6.45, 7) is 5.80. The molecule has 3 aromatic carbocycles. The van der Waals surface area contributed by atoms with E-state index < -0.39 is 17.7 Å². The van der Waals surface area contributed by atoms with Crippen molar-refractivity contribution in [3.05, 3.63) is 81.9 Å². The van der Waals surface area contributed by atoms with Gasteiger partial charge in [0, 0.05) is 5.56 Å². The van der Waals surface area contributed by atoms with Crippen molar-refractivity contribution < 1.29 is 28.9 Å². The minimum absolute atomic E-state index is 0.0380. The van der Waals surface area contributed by atoms with Crippen LogP contribution in [0.5, 0.6) is 17.2 Å². The molecular formula is C30H28N2O6S. The molecule has 0 unspecified atom stereocenters. The zero-order chi connectivity index (χ0) is 28.0. The number of thiazole rings is 1. The third-order valence-corrected chi connectivity index (χ3v) is 7.86. The topological polar surface area (TPSA) is 98.2 Å². The first-order valence-electron chi connectivity index (χ1n) is 12.2. The predicted molar refractivity (Wildman–Crippen MR) is 151 cm³/mol. The van der Waals surface area contributed by atoms with E-state index in [4.69, 9.17) is 19.2 Å². The zero-order valence-electron chi connectivity index (χ0n) is 22.5. The number of Topliss-reactive ketones (excluding diaryl/α,β-unsaturated/α-hetero) is 1. The highest BCUT2D eigenvalue weighted by atomic mass is 32.1. The normalized spacial score (nSPS) is 16.7. The fraction of sp³-hybridized carbons (Fsp3) is 0.233. The van der Waals surface area contributed by atoms with Crippen molar-refractivity contribution in [1.82, 2.24) is 4.98 Å². The van der Waals surface area contributed by atoms with Crippen LogP contribution in [0.25, 0.3) is 16.0 Å². The number of amides is 1. The molecule has 1 amide bonds. The number of fused-ring (bicyclic) bond motifs is 1. The number of carbonyl (C=O) groups excluding carboxylic acids is 2. The fourth-order valence-electron chi connectivity index (χ4n) is 5.01. The number of ether oxygens (including phenoxy) is 3. The first-order chi connectivity index (χ1) is 18.7. The summed E-state index contributed by atoms with van der Waals surface area (Å²) in [5.41, 5.74) is 4.50. The van der Waals surface area contributed by atoms with Crippen LogP contribution in [0.2, 0.25) is 0 Å². The van der Waals surface area contributed by atoms with Crippen LogP contribution in [0.15, 0.2) is 54.1 Å². The Bertz CT molecular complexity index is 1670. The third kappa shape index (κ3) is 4.38. The number of rotatable bonds is 6. The molecule has 1 aliphatic rings. The van der Waals surface area contributed by atoms with E-state index in [0.717, 1.165) is 26.9 Å². The third-order valence-electron chi connectivity index (χ3n) is 6.86. The predicted octanol–water partition coefficient (Wildman–Crippen LogP) is 5.87. The number of aryl methyl sites for hydroxylation is 3. The van der Waals surface area contributed by atoms with Gasteiger partial charge in [-0.05, 0) is 79.4 Å². The first-order valence-corrected chi connectivity index (χ1v) is 13.1. The molecule has 4 aromatic rings. The van der Waals surface area contributed by atoms with Gasteiger partial charge in [0.25, 0.3) is 5.78 Å². The molecule has 0 bridgehead atoms. The largest absolute Gasteiger partial charge is 0.507 e. The summed E-state index contributed by atoms with van der Waals surface area (Å²) in [4.78, 5) is 33.4. The Kier molecular flexibility index (Phi) is 6.78. The number of aromatic nitrogens is 1. The second-order valence-corrected chi connectivity index (χ2v) is 10.4. The highest BCUT2D eigenvalue weighted by Gasteiger charge is 2.48. The number of aliphatic hydroxyl groups excluding tert-OH is 1. The number of hydrogen-bond acceptors (Lipinski definition) is 8. The van der Waals surface area contributed by atoms with Crippen molar-refractivity contribution in [2.45, 2.75) is 26.8 Å². The highest BCUT2D eigenvalue weighted by molar-refractivity contribution is 7.22.